The van der Waals surface area contributed by atoms with Crippen LogP contribution in [0.5, 0.6) is 0 Å². The van der Waals surface area contributed by atoms with E-state index in [0.29, 0.717) is 5.56 Å². The quantitative estimate of drug-likeness (QED) is 0.520. The van der Waals surface area contributed by atoms with Crippen LogP contribution in [0.15, 0.2) is 59.5 Å². The number of carbonyl (C=O) groups excluding carboxylic acids is 1. The highest BCUT2D eigenvalue weighted by Gasteiger charge is 2.08. The zero-order chi connectivity index (χ0) is 18.5. The maximum absolute atomic E-state index is 11.7. The van der Waals surface area contributed by atoms with Crippen LogP contribution in [0, 0.1) is 0 Å². The maximum atomic E-state index is 11.7. The number of pyridine rings is 1. The highest BCUT2D eigenvalue weighted by molar-refractivity contribution is 8.00. The number of para-hydroxylation sites is 1. The first-order chi connectivity index (χ1) is 12.6. The SMILES string of the molecule is COC(=O)c1cccc(SNc2cccc3ccc(CN(C)C)nc23)c1. The highest BCUT2D eigenvalue weighted by atomic mass is 32.2. The molecular formula is C20H21N3O2S. The molecule has 1 aromatic heterocycles. The summed E-state index contributed by atoms with van der Waals surface area (Å²) in [7, 11) is 5.44. The molecule has 0 bridgehead atoms. The molecule has 1 N–H and O–H groups in total. The van der Waals surface area contributed by atoms with Crippen LogP contribution in [0.2, 0.25) is 0 Å². The van der Waals surface area contributed by atoms with Crippen LogP contribution in [0.25, 0.3) is 10.9 Å². The van der Waals surface area contributed by atoms with Gasteiger partial charge in [0.2, 0.25) is 0 Å². The van der Waals surface area contributed by atoms with E-state index in [4.69, 9.17) is 9.72 Å². The lowest BCUT2D eigenvalue weighted by Crippen LogP contribution is -2.11. The maximum Gasteiger partial charge on any atom is 0.337 e. The fourth-order valence-corrected chi connectivity index (χ4v) is 3.33. The second kappa shape index (κ2) is 8.21. The van der Waals surface area contributed by atoms with Gasteiger partial charge >= 0.3 is 5.97 Å². The number of nitrogens with zero attached hydrogens (tertiary/aromatic N) is 2. The lowest BCUT2D eigenvalue weighted by molar-refractivity contribution is 0.0600. The summed E-state index contributed by atoms with van der Waals surface area (Å²) in [5.41, 5.74) is 3.43. The average molecular weight is 367 g/mol. The monoisotopic (exact) mass is 367 g/mol. The van der Waals surface area contributed by atoms with Gasteiger partial charge in [-0.1, -0.05) is 24.3 Å². The summed E-state index contributed by atoms with van der Waals surface area (Å²) in [5, 5.41) is 1.08. The number of esters is 1. The van der Waals surface area contributed by atoms with Gasteiger partial charge in [-0.2, -0.15) is 0 Å². The molecule has 0 aliphatic rings. The number of nitrogens with one attached hydrogen (secondary N) is 1. The molecule has 0 amide bonds. The highest BCUT2D eigenvalue weighted by Crippen LogP contribution is 2.27. The molecule has 6 heteroatoms. The minimum Gasteiger partial charge on any atom is -0.465 e. The van der Waals surface area contributed by atoms with E-state index >= 15 is 0 Å². The summed E-state index contributed by atoms with van der Waals surface area (Å²) in [6.07, 6.45) is 0. The Kier molecular flexibility index (Phi) is 5.75. The van der Waals surface area contributed by atoms with Crippen molar-refractivity contribution in [2.45, 2.75) is 11.4 Å². The van der Waals surface area contributed by atoms with Gasteiger partial charge in [-0.05, 0) is 56.4 Å². The van der Waals surface area contributed by atoms with Crippen LogP contribution in [0.4, 0.5) is 5.69 Å². The standard InChI is InChI=1S/C20H21N3O2S/c1-23(2)13-16-11-10-14-6-5-9-18(19(14)21-16)22-26-17-8-4-7-15(12-17)20(24)25-3/h4-12,22H,13H2,1-3H3. The van der Waals surface area contributed by atoms with Gasteiger partial charge in [0.15, 0.2) is 0 Å². The summed E-state index contributed by atoms with van der Waals surface area (Å²) >= 11 is 1.44. The second-order valence-electron chi connectivity index (χ2n) is 6.14. The lowest BCUT2D eigenvalue weighted by atomic mass is 10.2. The lowest BCUT2D eigenvalue weighted by Gasteiger charge is -2.12. The molecule has 0 radical (unpaired) electrons. The third kappa shape index (κ3) is 4.33. The number of ether oxygens (including phenoxy) is 1. The number of hydrogen-bond donors (Lipinski definition) is 1. The molecular weight excluding hydrogens is 346 g/mol. The largest absolute Gasteiger partial charge is 0.465 e. The van der Waals surface area contributed by atoms with Crippen molar-refractivity contribution in [3.63, 3.8) is 0 Å². The molecule has 134 valence electrons. The predicted molar refractivity (Wildman–Crippen MR) is 106 cm³/mol. The molecule has 0 aliphatic carbocycles. The Balaban J connectivity index is 1.83. The van der Waals surface area contributed by atoms with Crippen LogP contribution < -0.4 is 4.72 Å². The van der Waals surface area contributed by atoms with Crippen LogP contribution in [-0.2, 0) is 11.3 Å². The summed E-state index contributed by atoms with van der Waals surface area (Å²) < 4.78 is 8.13. The van der Waals surface area contributed by atoms with Crippen molar-refractivity contribution < 1.29 is 9.53 Å². The van der Waals surface area contributed by atoms with Gasteiger partial charge in [0, 0.05) is 16.8 Å². The molecule has 0 atom stereocenters. The molecule has 0 saturated carbocycles. The first kappa shape index (κ1) is 18.2. The van der Waals surface area contributed by atoms with E-state index in [2.05, 4.69) is 27.8 Å². The summed E-state index contributed by atoms with van der Waals surface area (Å²) in [4.78, 5) is 19.5. The van der Waals surface area contributed by atoms with Crippen molar-refractivity contribution in [1.82, 2.24) is 9.88 Å². The van der Waals surface area contributed by atoms with Crippen molar-refractivity contribution in [3.05, 3.63) is 65.9 Å². The van der Waals surface area contributed by atoms with E-state index in [-0.39, 0.29) is 5.97 Å². The molecule has 0 aliphatic heterocycles. The van der Waals surface area contributed by atoms with E-state index in [9.17, 15) is 4.79 Å². The number of hydrogen-bond acceptors (Lipinski definition) is 6. The van der Waals surface area contributed by atoms with Crippen molar-refractivity contribution >= 4 is 34.5 Å². The molecule has 5 nitrogen and oxygen atoms in total. The van der Waals surface area contributed by atoms with Crippen LogP contribution >= 0.6 is 11.9 Å². The number of rotatable bonds is 6. The van der Waals surface area contributed by atoms with Gasteiger partial charge in [0.05, 0.1) is 29.6 Å². The Hall–Kier alpha value is -2.57. The predicted octanol–water partition coefficient (Wildman–Crippen LogP) is 4.20. The Morgan fingerprint density at radius 1 is 1.15 bits per heavy atom. The molecule has 2 aromatic carbocycles. The van der Waals surface area contributed by atoms with E-state index in [0.717, 1.165) is 33.7 Å². The number of carbonyl (C=O) groups is 1. The minimum atomic E-state index is -0.340. The van der Waals surface area contributed by atoms with Gasteiger partial charge in [-0.25, -0.2) is 9.78 Å². The Bertz CT molecular complexity index is 928. The van der Waals surface area contributed by atoms with E-state index in [1.807, 2.05) is 38.4 Å². The number of fused-ring (bicyclic) bond motifs is 1. The topological polar surface area (TPSA) is 54.5 Å². The van der Waals surface area contributed by atoms with Crippen molar-refractivity contribution in [3.8, 4) is 0 Å². The van der Waals surface area contributed by atoms with Gasteiger partial charge in [0.1, 0.15) is 0 Å². The van der Waals surface area contributed by atoms with E-state index < -0.39 is 0 Å². The van der Waals surface area contributed by atoms with Crippen LogP contribution in [0.1, 0.15) is 16.1 Å². The molecule has 0 spiro atoms. The Morgan fingerprint density at radius 3 is 2.73 bits per heavy atom. The summed E-state index contributed by atoms with van der Waals surface area (Å²) in [6, 6.07) is 17.5. The second-order valence-corrected chi connectivity index (χ2v) is 7.02. The first-order valence-electron chi connectivity index (χ1n) is 8.21. The van der Waals surface area contributed by atoms with Gasteiger partial charge in [-0.3, -0.25) is 0 Å². The zero-order valence-electron chi connectivity index (χ0n) is 15.0. The van der Waals surface area contributed by atoms with E-state index in [1.54, 1.807) is 12.1 Å². The number of methoxy groups -OCH3 is 1. The summed E-state index contributed by atoms with van der Waals surface area (Å²) in [6.45, 7) is 0.790. The van der Waals surface area contributed by atoms with Crippen molar-refractivity contribution in [1.29, 1.82) is 0 Å². The van der Waals surface area contributed by atoms with Crippen LogP contribution in [-0.4, -0.2) is 37.1 Å². The summed E-state index contributed by atoms with van der Waals surface area (Å²) in [5.74, 6) is -0.340. The van der Waals surface area contributed by atoms with E-state index in [1.165, 1.54) is 19.1 Å². The molecule has 3 aromatic rings. The fourth-order valence-electron chi connectivity index (χ4n) is 2.60. The average Bonchev–Trinajstić information content (AvgIpc) is 2.65. The number of benzene rings is 2. The zero-order valence-corrected chi connectivity index (χ0v) is 15.8. The normalized spacial score (nSPS) is 10.9. The molecule has 0 saturated heterocycles. The number of anilines is 1. The van der Waals surface area contributed by atoms with Crippen molar-refractivity contribution in [2.24, 2.45) is 0 Å². The molecule has 0 unspecified atom stereocenters. The number of aromatic nitrogens is 1. The van der Waals surface area contributed by atoms with Crippen molar-refractivity contribution in [2.75, 3.05) is 25.9 Å². The van der Waals surface area contributed by atoms with Gasteiger partial charge in [0.25, 0.3) is 0 Å². The third-order valence-corrected chi connectivity index (χ3v) is 4.60. The molecule has 0 fully saturated rings. The van der Waals surface area contributed by atoms with Crippen LogP contribution in [0.3, 0.4) is 0 Å². The third-order valence-electron chi connectivity index (χ3n) is 3.79. The molecule has 26 heavy (non-hydrogen) atoms. The Labute approximate surface area is 157 Å². The first-order valence-corrected chi connectivity index (χ1v) is 9.03. The fraction of sp³-hybridized carbons (Fsp3) is 0.200. The Morgan fingerprint density at radius 2 is 1.96 bits per heavy atom. The molecule has 3 rings (SSSR count). The molecule has 1 heterocycles. The van der Waals surface area contributed by atoms with Gasteiger partial charge in [-0.15, -0.1) is 0 Å². The minimum absolute atomic E-state index is 0.340. The smallest absolute Gasteiger partial charge is 0.337 e. The van der Waals surface area contributed by atoms with Gasteiger partial charge < -0.3 is 14.4 Å².